The van der Waals surface area contributed by atoms with E-state index in [9.17, 15) is 13.6 Å². The Morgan fingerprint density at radius 3 is 2.50 bits per heavy atom. The molecule has 0 saturated heterocycles. The summed E-state index contributed by atoms with van der Waals surface area (Å²) in [6.07, 6.45) is 0. The van der Waals surface area contributed by atoms with E-state index in [1.54, 1.807) is 0 Å². The molecule has 1 aliphatic heterocycles. The Balaban J connectivity index is 2.41. The fraction of sp³-hybridized carbons (Fsp3) is 0.429. The molecule has 0 aromatic heterocycles. The van der Waals surface area contributed by atoms with Gasteiger partial charge in [-0.05, 0) is 33.8 Å². The standard InChI is InChI=1S/C14H17F2N3O/c1-13(2,3)18-12-17-11(20)14(4,19-12)9-6-5-8(15)7-10(9)16/h5-7H,1-4H3,(H2,17,18,19,20). The molecule has 1 amide bonds. The van der Waals surface area contributed by atoms with E-state index >= 15 is 0 Å². The van der Waals surface area contributed by atoms with Gasteiger partial charge in [0.15, 0.2) is 11.5 Å². The number of nitrogens with one attached hydrogen (secondary N) is 2. The van der Waals surface area contributed by atoms with Crippen molar-refractivity contribution >= 4 is 11.9 Å². The van der Waals surface area contributed by atoms with Crippen molar-refractivity contribution in [1.29, 1.82) is 0 Å². The lowest BCUT2D eigenvalue weighted by molar-refractivity contribution is -0.123. The Bertz CT molecular complexity index is 593. The predicted molar refractivity (Wildman–Crippen MR) is 72.2 cm³/mol. The van der Waals surface area contributed by atoms with Gasteiger partial charge in [0, 0.05) is 17.2 Å². The average Bonchev–Trinajstić information content (AvgIpc) is 2.51. The lowest BCUT2D eigenvalue weighted by Crippen LogP contribution is -2.47. The SMILES string of the molecule is CC(C)(C)NC1=NC(C)(c2ccc(F)cc2F)C(=O)N1. The van der Waals surface area contributed by atoms with Crippen molar-refractivity contribution in [3.63, 3.8) is 0 Å². The number of halogens is 2. The van der Waals surface area contributed by atoms with Crippen LogP contribution >= 0.6 is 0 Å². The Labute approximate surface area is 116 Å². The van der Waals surface area contributed by atoms with Crippen LogP contribution in [0.1, 0.15) is 33.3 Å². The number of nitrogens with zero attached hydrogens (tertiary/aromatic N) is 1. The summed E-state index contributed by atoms with van der Waals surface area (Å²) in [7, 11) is 0. The minimum absolute atomic E-state index is 0.0436. The van der Waals surface area contributed by atoms with E-state index in [1.165, 1.54) is 13.0 Å². The van der Waals surface area contributed by atoms with E-state index in [4.69, 9.17) is 0 Å². The summed E-state index contributed by atoms with van der Waals surface area (Å²) in [5.74, 6) is -1.64. The molecule has 1 atom stereocenters. The van der Waals surface area contributed by atoms with Gasteiger partial charge in [-0.3, -0.25) is 10.1 Å². The van der Waals surface area contributed by atoms with E-state index in [1.807, 2.05) is 20.8 Å². The summed E-state index contributed by atoms with van der Waals surface area (Å²) in [5.41, 5.74) is -1.65. The number of amides is 1. The first-order valence-corrected chi connectivity index (χ1v) is 6.27. The lowest BCUT2D eigenvalue weighted by atomic mass is 9.92. The zero-order valence-corrected chi connectivity index (χ0v) is 11.8. The van der Waals surface area contributed by atoms with Crippen molar-refractivity contribution in [3.8, 4) is 0 Å². The maximum atomic E-state index is 13.9. The maximum absolute atomic E-state index is 13.9. The second-order valence-corrected chi connectivity index (χ2v) is 5.99. The van der Waals surface area contributed by atoms with E-state index in [2.05, 4.69) is 15.6 Å². The smallest absolute Gasteiger partial charge is 0.259 e. The summed E-state index contributed by atoms with van der Waals surface area (Å²) in [5, 5.41) is 5.61. The Kier molecular flexibility index (Phi) is 3.28. The highest BCUT2D eigenvalue weighted by atomic mass is 19.1. The molecule has 0 saturated carbocycles. The summed E-state index contributed by atoms with van der Waals surface area (Å²) in [6, 6.07) is 3.11. The fourth-order valence-electron chi connectivity index (χ4n) is 2.01. The molecule has 0 fully saturated rings. The topological polar surface area (TPSA) is 53.5 Å². The molecule has 20 heavy (non-hydrogen) atoms. The van der Waals surface area contributed by atoms with Crippen molar-refractivity contribution in [2.45, 2.75) is 38.8 Å². The van der Waals surface area contributed by atoms with E-state index in [0.717, 1.165) is 12.1 Å². The molecule has 0 radical (unpaired) electrons. The number of hydrogen-bond donors (Lipinski definition) is 2. The monoisotopic (exact) mass is 281 g/mol. The van der Waals surface area contributed by atoms with Crippen LogP contribution in [0, 0.1) is 11.6 Å². The van der Waals surface area contributed by atoms with Gasteiger partial charge in [-0.2, -0.15) is 0 Å². The van der Waals surface area contributed by atoms with Crippen LogP contribution in [0.25, 0.3) is 0 Å². The molecule has 0 aliphatic carbocycles. The van der Waals surface area contributed by atoms with Gasteiger partial charge in [-0.15, -0.1) is 0 Å². The highest BCUT2D eigenvalue weighted by Crippen LogP contribution is 2.31. The average molecular weight is 281 g/mol. The van der Waals surface area contributed by atoms with Crippen molar-refractivity contribution < 1.29 is 13.6 Å². The molecule has 0 spiro atoms. The van der Waals surface area contributed by atoms with Crippen LogP contribution in [-0.4, -0.2) is 17.4 Å². The van der Waals surface area contributed by atoms with Crippen LogP contribution in [0.15, 0.2) is 23.2 Å². The molecule has 4 nitrogen and oxygen atoms in total. The van der Waals surface area contributed by atoms with Gasteiger partial charge < -0.3 is 5.32 Å². The van der Waals surface area contributed by atoms with E-state index in [-0.39, 0.29) is 17.1 Å². The number of carbonyl (C=O) groups excluding carboxylic acids is 1. The van der Waals surface area contributed by atoms with Gasteiger partial charge in [0.2, 0.25) is 0 Å². The van der Waals surface area contributed by atoms with E-state index < -0.39 is 23.1 Å². The molecule has 2 N–H and O–H groups in total. The third kappa shape index (κ3) is 2.64. The van der Waals surface area contributed by atoms with Crippen LogP contribution in [0.3, 0.4) is 0 Å². The van der Waals surface area contributed by atoms with Gasteiger partial charge >= 0.3 is 0 Å². The minimum Gasteiger partial charge on any atom is -0.351 e. The van der Waals surface area contributed by atoms with Gasteiger partial charge in [0.05, 0.1) is 0 Å². The second-order valence-electron chi connectivity index (χ2n) is 5.99. The zero-order chi connectivity index (χ0) is 15.1. The highest BCUT2D eigenvalue weighted by Gasteiger charge is 2.43. The first-order valence-electron chi connectivity index (χ1n) is 6.27. The van der Waals surface area contributed by atoms with Crippen LogP contribution in [0.4, 0.5) is 8.78 Å². The lowest BCUT2D eigenvalue weighted by Gasteiger charge is -2.21. The number of carbonyl (C=O) groups is 1. The number of hydrogen-bond acceptors (Lipinski definition) is 3. The Hall–Kier alpha value is -1.98. The summed E-state index contributed by atoms with van der Waals surface area (Å²) >= 11 is 0. The fourth-order valence-corrected chi connectivity index (χ4v) is 2.01. The molecule has 6 heteroatoms. The second kappa shape index (κ2) is 4.54. The molecular weight excluding hydrogens is 264 g/mol. The molecule has 1 heterocycles. The third-order valence-electron chi connectivity index (χ3n) is 2.96. The Morgan fingerprint density at radius 2 is 1.95 bits per heavy atom. The van der Waals surface area contributed by atoms with Crippen molar-refractivity contribution in [2.24, 2.45) is 4.99 Å². The van der Waals surface area contributed by atoms with E-state index in [0.29, 0.717) is 0 Å². The summed E-state index contributed by atoms with van der Waals surface area (Å²) < 4.78 is 26.8. The molecule has 1 unspecified atom stereocenters. The third-order valence-corrected chi connectivity index (χ3v) is 2.96. The first-order chi connectivity index (χ1) is 9.12. The van der Waals surface area contributed by atoms with Crippen molar-refractivity contribution in [1.82, 2.24) is 10.6 Å². The molecule has 2 rings (SSSR count). The van der Waals surface area contributed by atoms with Crippen molar-refractivity contribution in [2.75, 3.05) is 0 Å². The van der Waals surface area contributed by atoms with Crippen molar-refractivity contribution in [3.05, 3.63) is 35.4 Å². The maximum Gasteiger partial charge on any atom is 0.259 e. The van der Waals surface area contributed by atoms with Crippen LogP contribution in [-0.2, 0) is 10.3 Å². The molecule has 1 aromatic carbocycles. The highest BCUT2D eigenvalue weighted by molar-refractivity contribution is 6.07. The summed E-state index contributed by atoms with van der Waals surface area (Å²) in [6.45, 7) is 7.23. The number of benzene rings is 1. The number of guanidine groups is 1. The quantitative estimate of drug-likeness (QED) is 0.828. The normalized spacial score (nSPS) is 22.5. The molecular formula is C14H17F2N3O. The first kappa shape index (κ1) is 14.4. The number of rotatable bonds is 1. The minimum atomic E-state index is -1.40. The predicted octanol–water partition coefficient (Wildman–Crippen LogP) is 2.05. The largest absolute Gasteiger partial charge is 0.351 e. The molecule has 1 aliphatic rings. The number of aliphatic imine (C=N–C) groups is 1. The molecule has 0 bridgehead atoms. The van der Waals surface area contributed by atoms with Crippen LogP contribution < -0.4 is 10.6 Å². The van der Waals surface area contributed by atoms with Gasteiger partial charge in [0.1, 0.15) is 11.6 Å². The molecule has 1 aromatic rings. The summed E-state index contributed by atoms with van der Waals surface area (Å²) in [4.78, 5) is 16.3. The Morgan fingerprint density at radius 1 is 1.30 bits per heavy atom. The van der Waals surface area contributed by atoms with Crippen LogP contribution in [0.2, 0.25) is 0 Å². The van der Waals surface area contributed by atoms with Gasteiger partial charge in [0.25, 0.3) is 5.91 Å². The van der Waals surface area contributed by atoms with Crippen LogP contribution in [0.5, 0.6) is 0 Å². The molecule has 108 valence electrons. The van der Waals surface area contributed by atoms with Gasteiger partial charge in [-0.1, -0.05) is 6.07 Å². The van der Waals surface area contributed by atoms with Gasteiger partial charge in [-0.25, -0.2) is 13.8 Å². The zero-order valence-electron chi connectivity index (χ0n) is 11.8.